The Bertz CT molecular complexity index is 1320. The number of carbonyl (C=O) groups is 2. The highest BCUT2D eigenvalue weighted by atomic mass is 79.9. The van der Waals surface area contributed by atoms with Crippen molar-refractivity contribution in [3.8, 4) is 11.5 Å². The van der Waals surface area contributed by atoms with Crippen molar-refractivity contribution < 1.29 is 23.5 Å². The zero-order valence-electron chi connectivity index (χ0n) is 19.9. The summed E-state index contributed by atoms with van der Waals surface area (Å²) >= 11 is 15.7. The van der Waals surface area contributed by atoms with Crippen molar-refractivity contribution in [2.75, 3.05) is 11.9 Å². The molecule has 3 aromatic carbocycles. The molecular weight excluding hydrogens is 588 g/mol. The standard InChI is InChI=1S/C26H23BrCl2FN3O4/c1-3-36-23-11-16(10-19(27)24(23)37-14-17-8-9-18(28)12-20(17)29)13-31-33-26(35)15(2)25(34)32-22-7-5-4-6-21(22)30/h4-13,15H,3,14H2,1-2H3,(H,32,34)(H,33,35). The van der Waals surface area contributed by atoms with Gasteiger partial charge < -0.3 is 14.8 Å². The van der Waals surface area contributed by atoms with Gasteiger partial charge in [0, 0.05) is 15.6 Å². The third-order valence-electron chi connectivity index (χ3n) is 5.03. The molecule has 0 aliphatic carbocycles. The van der Waals surface area contributed by atoms with Gasteiger partial charge in [0.25, 0.3) is 5.91 Å². The van der Waals surface area contributed by atoms with Gasteiger partial charge in [-0.2, -0.15) is 5.10 Å². The average Bonchev–Trinajstić information content (AvgIpc) is 2.85. The summed E-state index contributed by atoms with van der Waals surface area (Å²) in [5.41, 5.74) is 3.65. The lowest BCUT2D eigenvalue weighted by Crippen LogP contribution is -2.34. The SMILES string of the molecule is CCOc1cc(C=NNC(=O)C(C)C(=O)Nc2ccccc2F)cc(Br)c1OCc1ccc(Cl)cc1Cl. The minimum atomic E-state index is -1.11. The molecule has 2 amide bonds. The average molecular weight is 611 g/mol. The second-order valence-electron chi connectivity index (χ2n) is 7.71. The van der Waals surface area contributed by atoms with Crippen LogP contribution in [-0.2, 0) is 16.2 Å². The van der Waals surface area contributed by atoms with Gasteiger partial charge in [0.15, 0.2) is 11.5 Å². The first-order chi connectivity index (χ1) is 17.7. The summed E-state index contributed by atoms with van der Waals surface area (Å²) in [6, 6.07) is 14.2. The van der Waals surface area contributed by atoms with Crippen LogP contribution < -0.4 is 20.2 Å². The fraction of sp³-hybridized carbons (Fsp3) is 0.192. The van der Waals surface area contributed by atoms with Crippen molar-refractivity contribution in [2.24, 2.45) is 11.0 Å². The minimum absolute atomic E-state index is 0.00963. The largest absolute Gasteiger partial charge is 0.490 e. The lowest BCUT2D eigenvalue weighted by molar-refractivity contribution is -0.131. The van der Waals surface area contributed by atoms with Crippen molar-refractivity contribution in [1.82, 2.24) is 5.43 Å². The number of anilines is 1. The molecule has 2 N–H and O–H groups in total. The maximum Gasteiger partial charge on any atom is 0.252 e. The second-order valence-corrected chi connectivity index (χ2v) is 9.41. The highest BCUT2D eigenvalue weighted by molar-refractivity contribution is 9.10. The van der Waals surface area contributed by atoms with Gasteiger partial charge in [-0.05, 0) is 71.7 Å². The van der Waals surface area contributed by atoms with Crippen LogP contribution in [0.2, 0.25) is 10.0 Å². The number of nitrogens with zero attached hydrogens (tertiary/aromatic N) is 1. The third-order valence-corrected chi connectivity index (χ3v) is 6.20. The molecule has 11 heteroatoms. The maximum atomic E-state index is 13.7. The third kappa shape index (κ3) is 7.92. The molecule has 0 saturated carbocycles. The molecule has 1 unspecified atom stereocenters. The van der Waals surface area contributed by atoms with Gasteiger partial charge in [-0.3, -0.25) is 9.59 Å². The number of benzene rings is 3. The van der Waals surface area contributed by atoms with Crippen molar-refractivity contribution in [3.05, 3.63) is 86.1 Å². The van der Waals surface area contributed by atoms with Crippen LogP contribution in [0.4, 0.5) is 10.1 Å². The fourth-order valence-electron chi connectivity index (χ4n) is 3.04. The lowest BCUT2D eigenvalue weighted by Gasteiger charge is -2.15. The van der Waals surface area contributed by atoms with Gasteiger partial charge in [0.05, 0.1) is 23.0 Å². The predicted molar refractivity (Wildman–Crippen MR) is 146 cm³/mol. The summed E-state index contributed by atoms with van der Waals surface area (Å²) in [5, 5.41) is 7.33. The van der Waals surface area contributed by atoms with Crippen LogP contribution in [0, 0.1) is 11.7 Å². The van der Waals surface area contributed by atoms with E-state index in [-0.39, 0.29) is 12.3 Å². The molecule has 3 aromatic rings. The van der Waals surface area contributed by atoms with Crippen LogP contribution in [0.25, 0.3) is 0 Å². The maximum absolute atomic E-state index is 13.7. The van der Waals surface area contributed by atoms with Crippen LogP contribution in [0.1, 0.15) is 25.0 Å². The van der Waals surface area contributed by atoms with Gasteiger partial charge >= 0.3 is 0 Å². The molecule has 0 saturated heterocycles. The molecule has 0 heterocycles. The molecule has 0 fully saturated rings. The fourth-order valence-corrected chi connectivity index (χ4v) is 4.08. The number of nitrogens with one attached hydrogen (secondary N) is 2. The van der Waals surface area contributed by atoms with E-state index in [1.165, 1.54) is 31.3 Å². The Labute approximate surface area is 232 Å². The molecule has 37 heavy (non-hydrogen) atoms. The first-order valence-corrected chi connectivity index (χ1v) is 12.7. The van der Waals surface area contributed by atoms with E-state index in [4.69, 9.17) is 32.7 Å². The molecule has 0 spiro atoms. The van der Waals surface area contributed by atoms with E-state index < -0.39 is 23.5 Å². The number of halogens is 4. The van der Waals surface area contributed by atoms with Gasteiger partial charge in [-0.1, -0.05) is 41.4 Å². The molecular formula is C26H23BrCl2FN3O4. The van der Waals surface area contributed by atoms with E-state index in [1.54, 1.807) is 36.4 Å². The van der Waals surface area contributed by atoms with Crippen LogP contribution >= 0.6 is 39.1 Å². The Morgan fingerprint density at radius 2 is 1.86 bits per heavy atom. The zero-order valence-corrected chi connectivity index (χ0v) is 23.0. The summed E-state index contributed by atoms with van der Waals surface area (Å²) in [7, 11) is 0. The number of amides is 2. The Hall–Kier alpha value is -3.14. The molecule has 7 nitrogen and oxygen atoms in total. The van der Waals surface area contributed by atoms with Gasteiger partial charge in [-0.25, -0.2) is 9.82 Å². The summed E-state index contributed by atoms with van der Waals surface area (Å²) in [5.74, 6) is -2.12. The topological polar surface area (TPSA) is 89.0 Å². The van der Waals surface area contributed by atoms with E-state index in [0.29, 0.717) is 38.2 Å². The monoisotopic (exact) mass is 609 g/mol. The summed E-state index contributed by atoms with van der Waals surface area (Å²) in [4.78, 5) is 24.7. The van der Waals surface area contributed by atoms with E-state index in [0.717, 1.165) is 5.56 Å². The minimum Gasteiger partial charge on any atom is -0.490 e. The Kier molecular flexibility index (Phi) is 10.3. The highest BCUT2D eigenvalue weighted by Crippen LogP contribution is 2.37. The number of hydrogen-bond acceptors (Lipinski definition) is 5. The lowest BCUT2D eigenvalue weighted by atomic mass is 10.1. The second kappa shape index (κ2) is 13.4. The molecule has 0 bridgehead atoms. The van der Waals surface area contributed by atoms with Crippen LogP contribution in [0.5, 0.6) is 11.5 Å². The summed E-state index contributed by atoms with van der Waals surface area (Å²) in [6.45, 7) is 3.80. The summed E-state index contributed by atoms with van der Waals surface area (Å²) in [6.07, 6.45) is 1.40. The normalized spacial score (nSPS) is 11.7. The number of ether oxygens (including phenoxy) is 2. The van der Waals surface area contributed by atoms with Gasteiger partial charge in [0.1, 0.15) is 18.3 Å². The van der Waals surface area contributed by atoms with Crippen molar-refractivity contribution >= 4 is 62.8 Å². The van der Waals surface area contributed by atoms with Gasteiger partial charge in [-0.15, -0.1) is 0 Å². The molecule has 194 valence electrons. The number of hydrazone groups is 1. The predicted octanol–water partition coefficient (Wildman–Crippen LogP) is 6.60. The molecule has 0 radical (unpaired) electrons. The summed E-state index contributed by atoms with van der Waals surface area (Å²) < 4.78 is 26.0. The Morgan fingerprint density at radius 1 is 1.11 bits per heavy atom. The zero-order chi connectivity index (χ0) is 26.9. The van der Waals surface area contributed by atoms with Gasteiger partial charge in [0.2, 0.25) is 5.91 Å². The number of rotatable bonds is 10. The van der Waals surface area contributed by atoms with E-state index in [1.807, 2.05) is 6.92 Å². The van der Waals surface area contributed by atoms with Crippen molar-refractivity contribution in [1.29, 1.82) is 0 Å². The Balaban J connectivity index is 1.65. The Morgan fingerprint density at radius 3 is 2.57 bits per heavy atom. The van der Waals surface area contributed by atoms with E-state index in [9.17, 15) is 14.0 Å². The smallest absolute Gasteiger partial charge is 0.252 e. The number of carbonyl (C=O) groups excluding carboxylic acids is 2. The molecule has 0 aliphatic rings. The molecule has 1 atom stereocenters. The molecule has 0 aliphatic heterocycles. The van der Waals surface area contributed by atoms with E-state index >= 15 is 0 Å². The van der Waals surface area contributed by atoms with Crippen molar-refractivity contribution in [3.63, 3.8) is 0 Å². The quantitative estimate of drug-likeness (QED) is 0.154. The first-order valence-electron chi connectivity index (χ1n) is 11.1. The number of para-hydroxylation sites is 1. The first kappa shape index (κ1) is 28.4. The molecule has 3 rings (SSSR count). The van der Waals surface area contributed by atoms with Crippen LogP contribution in [-0.4, -0.2) is 24.6 Å². The van der Waals surface area contributed by atoms with Crippen molar-refractivity contribution in [2.45, 2.75) is 20.5 Å². The molecule has 0 aromatic heterocycles. The van der Waals surface area contributed by atoms with Crippen LogP contribution in [0.3, 0.4) is 0 Å². The highest BCUT2D eigenvalue weighted by Gasteiger charge is 2.22. The van der Waals surface area contributed by atoms with E-state index in [2.05, 4.69) is 31.8 Å². The number of hydrogen-bond donors (Lipinski definition) is 2. The van der Waals surface area contributed by atoms with Crippen LogP contribution in [0.15, 0.2) is 64.2 Å².